The third kappa shape index (κ3) is 3.58. The quantitative estimate of drug-likeness (QED) is 0.915. The molecule has 0 saturated carbocycles. The minimum absolute atomic E-state index is 0.0753. The second kappa shape index (κ2) is 5.71. The molecule has 0 bridgehead atoms. The SMILES string of the molecule is CNS(=O)(=O)[C@@H]1CCN(Cc2cnc(C(C)(C)C)s2)C1. The van der Waals surface area contributed by atoms with Crippen molar-refractivity contribution < 1.29 is 8.42 Å². The van der Waals surface area contributed by atoms with Gasteiger partial charge in [0.15, 0.2) is 0 Å². The van der Waals surface area contributed by atoms with E-state index in [1.807, 2.05) is 6.20 Å². The summed E-state index contributed by atoms with van der Waals surface area (Å²) in [4.78, 5) is 7.87. The number of likely N-dealkylation sites (tertiary alicyclic amines) is 1. The van der Waals surface area contributed by atoms with E-state index in [1.54, 1.807) is 11.3 Å². The first kappa shape index (κ1) is 15.9. The Labute approximate surface area is 125 Å². The van der Waals surface area contributed by atoms with Gasteiger partial charge in [-0.2, -0.15) is 0 Å². The van der Waals surface area contributed by atoms with Gasteiger partial charge >= 0.3 is 0 Å². The number of rotatable bonds is 4. The number of hydrogen-bond acceptors (Lipinski definition) is 5. The normalized spacial score (nSPS) is 21.5. The van der Waals surface area contributed by atoms with Gasteiger partial charge < -0.3 is 0 Å². The fourth-order valence-corrected chi connectivity index (χ4v) is 4.48. The average Bonchev–Trinajstić information content (AvgIpc) is 2.98. The Balaban J connectivity index is 1.98. The Morgan fingerprint density at radius 2 is 2.20 bits per heavy atom. The molecule has 2 heterocycles. The molecular weight excluding hydrogens is 294 g/mol. The van der Waals surface area contributed by atoms with Gasteiger partial charge in [-0.3, -0.25) is 4.90 Å². The summed E-state index contributed by atoms with van der Waals surface area (Å²) in [6, 6.07) is 0. The lowest BCUT2D eigenvalue weighted by molar-refractivity contribution is 0.334. The van der Waals surface area contributed by atoms with Crippen LogP contribution in [-0.4, -0.2) is 43.7 Å². The highest BCUT2D eigenvalue weighted by Gasteiger charge is 2.32. The van der Waals surface area contributed by atoms with Crippen molar-refractivity contribution in [2.45, 2.75) is 44.4 Å². The highest BCUT2D eigenvalue weighted by Crippen LogP contribution is 2.28. The second-order valence-electron chi connectivity index (χ2n) is 6.28. The van der Waals surface area contributed by atoms with E-state index in [0.29, 0.717) is 13.0 Å². The van der Waals surface area contributed by atoms with E-state index < -0.39 is 10.0 Å². The minimum atomic E-state index is -3.15. The topological polar surface area (TPSA) is 62.3 Å². The van der Waals surface area contributed by atoms with Crippen LogP contribution in [0.1, 0.15) is 37.1 Å². The molecule has 0 unspecified atom stereocenters. The molecule has 114 valence electrons. The summed E-state index contributed by atoms with van der Waals surface area (Å²) in [7, 11) is -1.66. The molecule has 1 aliphatic heterocycles. The lowest BCUT2D eigenvalue weighted by atomic mass is 9.98. The lowest BCUT2D eigenvalue weighted by Gasteiger charge is -2.15. The van der Waals surface area contributed by atoms with Crippen LogP contribution in [0.15, 0.2) is 6.20 Å². The molecule has 1 fully saturated rings. The van der Waals surface area contributed by atoms with E-state index in [2.05, 4.69) is 35.4 Å². The molecule has 20 heavy (non-hydrogen) atoms. The van der Waals surface area contributed by atoms with Crippen molar-refractivity contribution in [2.24, 2.45) is 0 Å². The number of thiazole rings is 1. The van der Waals surface area contributed by atoms with Crippen LogP contribution in [0.3, 0.4) is 0 Å². The van der Waals surface area contributed by atoms with E-state index in [-0.39, 0.29) is 10.7 Å². The Morgan fingerprint density at radius 1 is 1.50 bits per heavy atom. The van der Waals surface area contributed by atoms with Crippen LogP contribution in [0.4, 0.5) is 0 Å². The van der Waals surface area contributed by atoms with Gasteiger partial charge in [0, 0.05) is 29.6 Å². The molecule has 0 aliphatic carbocycles. The van der Waals surface area contributed by atoms with E-state index in [9.17, 15) is 8.42 Å². The van der Waals surface area contributed by atoms with Crippen molar-refractivity contribution >= 4 is 21.4 Å². The summed E-state index contributed by atoms with van der Waals surface area (Å²) in [5.74, 6) is 0. The number of aromatic nitrogens is 1. The Kier molecular flexibility index (Phi) is 4.53. The monoisotopic (exact) mass is 317 g/mol. The van der Waals surface area contributed by atoms with Gasteiger partial charge in [0.25, 0.3) is 0 Å². The van der Waals surface area contributed by atoms with Crippen LogP contribution in [0.25, 0.3) is 0 Å². The van der Waals surface area contributed by atoms with Gasteiger partial charge in [-0.15, -0.1) is 11.3 Å². The van der Waals surface area contributed by atoms with Crippen LogP contribution in [0.2, 0.25) is 0 Å². The third-order valence-electron chi connectivity index (χ3n) is 3.53. The van der Waals surface area contributed by atoms with Gasteiger partial charge in [-0.25, -0.2) is 18.1 Å². The molecule has 1 atom stereocenters. The molecule has 7 heteroatoms. The van der Waals surface area contributed by atoms with Crippen molar-refractivity contribution in [3.8, 4) is 0 Å². The maximum absolute atomic E-state index is 11.8. The van der Waals surface area contributed by atoms with E-state index in [1.165, 1.54) is 11.9 Å². The van der Waals surface area contributed by atoms with E-state index >= 15 is 0 Å². The third-order valence-corrected chi connectivity index (χ3v) is 6.77. The predicted molar refractivity (Wildman–Crippen MR) is 82.5 cm³/mol. The Hall–Kier alpha value is -0.500. The standard InChI is InChI=1S/C13H23N3O2S2/c1-13(2,3)12-15-7-10(19-12)8-16-6-5-11(9-16)20(17,18)14-4/h7,11,14H,5-6,8-9H2,1-4H3/t11-/m1/s1. The molecule has 0 spiro atoms. The van der Waals surface area contributed by atoms with Crippen molar-refractivity contribution in [1.82, 2.24) is 14.6 Å². The molecule has 5 nitrogen and oxygen atoms in total. The zero-order chi connectivity index (χ0) is 15.0. The highest BCUT2D eigenvalue weighted by atomic mass is 32.2. The first-order chi connectivity index (χ1) is 9.22. The summed E-state index contributed by atoms with van der Waals surface area (Å²) in [6.45, 7) is 8.69. The lowest BCUT2D eigenvalue weighted by Crippen LogP contribution is -2.34. The predicted octanol–water partition coefficient (Wildman–Crippen LogP) is 1.56. The van der Waals surface area contributed by atoms with Crippen LogP contribution < -0.4 is 4.72 Å². The largest absolute Gasteiger partial charge is 0.297 e. The molecule has 1 aliphatic rings. The van der Waals surface area contributed by atoms with Gasteiger partial charge in [0.2, 0.25) is 10.0 Å². The molecule has 0 amide bonds. The van der Waals surface area contributed by atoms with Crippen LogP contribution in [-0.2, 0) is 22.0 Å². The smallest absolute Gasteiger partial charge is 0.215 e. The van der Waals surface area contributed by atoms with E-state index in [4.69, 9.17) is 0 Å². The van der Waals surface area contributed by atoms with Gasteiger partial charge in [0.05, 0.1) is 10.3 Å². The van der Waals surface area contributed by atoms with Crippen LogP contribution in [0, 0.1) is 0 Å². The average molecular weight is 317 g/mol. The van der Waals surface area contributed by atoms with Crippen molar-refractivity contribution in [2.75, 3.05) is 20.1 Å². The molecule has 1 aromatic rings. The van der Waals surface area contributed by atoms with Crippen molar-refractivity contribution in [1.29, 1.82) is 0 Å². The summed E-state index contributed by atoms with van der Waals surface area (Å²) in [5, 5.41) is 0.841. The molecule has 1 aromatic heterocycles. The first-order valence-corrected chi connectivity index (χ1v) is 9.18. The minimum Gasteiger partial charge on any atom is -0.297 e. The fourth-order valence-electron chi connectivity index (χ4n) is 2.31. The number of nitrogens with one attached hydrogen (secondary N) is 1. The highest BCUT2D eigenvalue weighted by molar-refractivity contribution is 7.90. The van der Waals surface area contributed by atoms with E-state index in [0.717, 1.165) is 18.1 Å². The maximum Gasteiger partial charge on any atom is 0.215 e. The van der Waals surface area contributed by atoms with Crippen LogP contribution in [0.5, 0.6) is 0 Å². The molecule has 0 radical (unpaired) electrons. The Morgan fingerprint density at radius 3 is 2.75 bits per heavy atom. The zero-order valence-electron chi connectivity index (χ0n) is 12.5. The molecule has 1 N–H and O–H groups in total. The fraction of sp³-hybridized carbons (Fsp3) is 0.769. The van der Waals surface area contributed by atoms with Gasteiger partial charge in [-0.1, -0.05) is 20.8 Å². The number of sulfonamides is 1. The molecule has 1 saturated heterocycles. The van der Waals surface area contributed by atoms with Crippen LogP contribution >= 0.6 is 11.3 Å². The van der Waals surface area contributed by atoms with Gasteiger partial charge in [0.1, 0.15) is 0 Å². The van der Waals surface area contributed by atoms with Crippen molar-refractivity contribution in [3.05, 3.63) is 16.1 Å². The number of hydrogen-bond donors (Lipinski definition) is 1. The zero-order valence-corrected chi connectivity index (χ0v) is 14.1. The molecular formula is C13H23N3O2S2. The molecule has 2 rings (SSSR count). The maximum atomic E-state index is 11.8. The summed E-state index contributed by atoms with van der Waals surface area (Å²) < 4.78 is 26.0. The van der Waals surface area contributed by atoms with Crippen molar-refractivity contribution in [3.63, 3.8) is 0 Å². The summed E-state index contributed by atoms with van der Waals surface area (Å²) >= 11 is 1.72. The second-order valence-corrected chi connectivity index (χ2v) is 9.56. The summed E-state index contributed by atoms with van der Waals surface area (Å²) in [5.41, 5.74) is 0.0753. The molecule has 0 aromatic carbocycles. The number of nitrogens with zero attached hydrogens (tertiary/aromatic N) is 2. The summed E-state index contributed by atoms with van der Waals surface area (Å²) in [6.07, 6.45) is 2.62. The first-order valence-electron chi connectivity index (χ1n) is 6.82. The Bertz CT molecular complexity index is 560. The van der Waals surface area contributed by atoms with Gasteiger partial charge in [-0.05, 0) is 20.0 Å².